The first-order valence-electron chi connectivity index (χ1n) is 9.31. The second-order valence-electron chi connectivity index (χ2n) is 6.99. The number of phenols is 1. The summed E-state index contributed by atoms with van der Waals surface area (Å²) in [5, 5.41) is 19.1. The first-order valence-corrected chi connectivity index (χ1v) is 10.3. The molecule has 154 valence electrons. The second-order valence-corrected chi connectivity index (χ2v) is 7.91. The Balaban J connectivity index is 1.47. The van der Waals surface area contributed by atoms with Crippen LogP contribution in [-0.4, -0.2) is 15.3 Å². The van der Waals surface area contributed by atoms with Gasteiger partial charge in [0.2, 0.25) is 0 Å². The van der Waals surface area contributed by atoms with Gasteiger partial charge in [-0.05, 0) is 55.7 Å². The maximum absolute atomic E-state index is 11.9. The summed E-state index contributed by atoms with van der Waals surface area (Å²) >= 11 is 1.32. The minimum atomic E-state index is -0.472. The molecule has 0 bridgehead atoms. The number of aryl methyl sites for hydroxylation is 3. The van der Waals surface area contributed by atoms with E-state index in [-0.39, 0.29) is 12.4 Å². The number of hydrogen-bond donors (Lipinski definition) is 1. The molecule has 0 aliphatic heterocycles. The number of hydrogen-bond acceptors (Lipinski definition) is 8. The fourth-order valence-corrected chi connectivity index (χ4v) is 3.80. The molecule has 0 unspecified atom stereocenters. The van der Waals surface area contributed by atoms with Crippen LogP contribution >= 0.6 is 11.8 Å². The van der Waals surface area contributed by atoms with Crippen molar-refractivity contribution in [3.63, 3.8) is 0 Å². The Kier molecular flexibility index (Phi) is 5.50. The van der Waals surface area contributed by atoms with Crippen LogP contribution in [-0.2, 0) is 12.4 Å². The van der Waals surface area contributed by atoms with Crippen LogP contribution in [0.1, 0.15) is 28.1 Å². The van der Waals surface area contributed by atoms with E-state index < -0.39 is 5.63 Å². The van der Waals surface area contributed by atoms with Gasteiger partial charge in [-0.2, -0.15) is 0 Å². The molecule has 2 aromatic carbocycles. The molecule has 1 N–H and O–H groups in total. The summed E-state index contributed by atoms with van der Waals surface area (Å²) < 4.78 is 16.7. The Morgan fingerprint density at radius 3 is 2.73 bits per heavy atom. The maximum Gasteiger partial charge on any atom is 0.336 e. The molecule has 2 heterocycles. The van der Waals surface area contributed by atoms with Gasteiger partial charge in [-0.15, -0.1) is 10.2 Å². The predicted molar refractivity (Wildman–Crippen MR) is 113 cm³/mol. The molecular weight excluding hydrogens is 404 g/mol. The third kappa shape index (κ3) is 4.18. The molecule has 2 aromatic heterocycles. The van der Waals surface area contributed by atoms with Crippen molar-refractivity contribution in [1.82, 2.24) is 10.2 Å². The first-order chi connectivity index (χ1) is 14.4. The number of aromatic hydroxyl groups is 1. The molecule has 8 heteroatoms. The molecule has 0 radical (unpaired) electrons. The van der Waals surface area contributed by atoms with Crippen LogP contribution in [0.4, 0.5) is 0 Å². The lowest BCUT2D eigenvalue weighted by Gasteiger charge is -2.07. The average Bonchev–Trinajstić information content (AvgIpc) is 3.18. The van der Waals surface area contributed by atoms with Gasteiger partial charge in [0, 0.05) is 22.8 Å². The van der Waals surface area contributed by atoms with E-state index in [1.54, 1.807) is 19.1 Å². The monoisotopic (exact) mass is 424 g/mol. The summed E-state index contributed by atoms with van der Waals surface area (Å²) in [4.78, 5) is 11.9. The van der Waals surface area contributed by atoms with Gasteiger partial charge >= 0.3 is 5.63 Å². The predicted octanol–water partition coefficient (Wildman–Crippen LogP) is 4.68. The van der Waals surface area contributed by atoms with E-state index in [1.165, 1.54) is 17.8 Å². The molecule has 0 atom stereocenters. The molecule has 0 fully saturated rings. The van der Waals surface area contributed by atoms with Crippen LogP contribution < -0.4 is 10.4 Å². The van der Waals surface area contributed by atoms with Crippen molar-refractivity contribution in [2.45, 2.75) is 38.4 Å². The van der Waals surface area contributed by atoms with Crippen molar-refractivity contribution in [1.29, 1.82) is 0 Å². The normalized spacial score (nSPS) is 11.2. The Bertz CT molecular complexity index is 1280. The van der Waals surface area contributed by atoms with Crippen LogP contribution in [0, 0.1) is 20.8 Å². The van der Waals surface area contributed by atoms with Gasteiger partial charge in [-0.25, -0.2) is 4.79 Å². The number of nitrogens with zero attached hydrogens (tertiary/aromatic N) is 2. The quantitative estimate of drug-likeness (QED) is 0.352. The van der Waals surface area contributed by atoms with Gasteiger partial charge < -0.3 is 18.7 Å². The zero-order valence-electron chi connectivity index (χ0n) is 16.8. The highest BCUT2D eigenvalue weighted by Gasteiger charge is 2.13. The molecule has 4 aromatic rings. The third-order valence-electron chi connectivity index (χ3n) is 4.71. The lowest BCUT2D eigenvalue weighted by atomic mass is 10.1. The number of benzene rings is 2. The first kappa shape index (κ1) is 20.0. The Labute approximate surface area is 176 Å². The smallest absolute Gasteiger partial charge is 0.336 e. The Hall–Kier alpha value is -3.26. The highest BCUT2D eigenvalue weighted by atomic mass is 32.2. The fraction of sp³-hybridized carbons (Fsp3) is 0.227. The number of ether oxygens (including phenoxy) is 1. The molecule has 0 aliphatic carbocycles. The van der Waals surface area contributed by atoms with Crippen LogP contribution in [0.5, 0.6) is 11.5 Å². The molecule has 4 rings (SSSR count). The highest BCUT2D eigenvalue weighted by Crippen LogP contribution is 2.30. The van der Waals surface area contributed by atoms with E-state index in [2.05, 4.69) is 10.2 Å². The third-order valence-corrected chi connectivity index (χ3v) is 5.58. The Morgan fingerprint density at radius 1 is 1.07 bits per heavy atom. The van der Waals surface area contributed by atoms with E-state index in [0.29, 0.717) is 28.0 Å². The van der Waals surface area contributed by atoms with Crippen molar-refractivity contribution in [3.8, 4) is 11.5 Å². The van der Waals surface area contributed by atoms with Crippen LogP contribution in [0.15, 0.2) is 55.2 Å². The van der Waals surface area contributed by atoms with E-state index in [0.717, 1.165) is 27.8 Å². The summed E-state index contributed by atoms with van der Waals surface area (Å²) in [6, 6.07) is 10.7. The molecule has 30 heavy (non-hydrogen) atoms. The van der Waals surface area contributed by atoms with E-state index in [9.17, 15) is 9.90 Å². The molecule has 0 amide bonds. The van der Waals surface area contributed by atoms with Crippen molar-refractivity contribution < 1.29 is 18.7 Å². The zero-order chi connectivity index (χ0) is 21.3. The number of fused-ring (bicyclic) bond motifs is 1. The van der Waals surface area contributed by atoms with Crippen molar-refractivity contribution in [3.05, 3.63) is 75.0 Å². The van der Waals surface area contributed by atoms with Gasteiger partial charge in [0.15, 0.2) is 6.61 Å². The second kappa shape index (κ2) is 8.23. The fourth-order valence-electron chi connectivity index (χ4n) is 3.03. The number of phenolic OH excluding ortho intramolecular Hbond substituents is 1. The number of thioether (sulfide) groups is 1. The van der Waals surface area contributed by atoms with E-state index in [1.807, 2.05) is 32.0 Å². The lowest BCUT2D eigenvalue weighted by Crippen LogP contribution is -2.01. The molecule has 0 saturated carbocycles. The standard InChI is InChI=1S/C22H20N2O5S/c1-12-4-5-13(2)18(8-12)27-10-19-23-24-22(28-19)30-11-15-9-20(26)29-21-14(3)17(25)7-6-16(15)21/h4-9,25H,10-11H2,1-3H3. The van der Waals surface area contributed by atoms with Crippen molar-refractivity contribution in [2.75, 3.05) is 0 Å². The summed E-state index contributed by atoms with van der Waals surface area (Å²) in [6.07, 6.45) is 0. The summed E-state index contributed by atoms with van der Waals surface area (Å²) in [6.45, 7) is 5.86. The lowest BCUT2D eigenvalue weighted by molar-refractivity contribution is 0.250. The van der Waals surface area contributed by atoms with Gasteiger partial charge in [-0.1, -0.05) is 23.9 Å². The topological polar surface area (TPSA) is 98.6 Å². The van der Waals surface area contributed by atoms with Crippen LogP contribution in [0.3, 0.4) is 0 Å². The van der Waals surface area contributed by atoms with Gasteiger partial charge in [0.05, 0.1) is 0 Å². The number of aromatic nitrogens is 2. The van der Waals surface area contributed by atoms with Gasteiger partial charge in [0.1, 0.15) is 17.1 Å². The number of rotatable bonds is 6. The molecule has 7 nitrogen and oxygen atoms in total. The Morgan fingerprint density at radius 2 is 1.90 bits per heavy atom. The van der Waals surface area contributed by atoms with E-state index >= 15 is 0 Å². The molecular formula is C22H20N2O5S. The zero-order valence-corrected chi connectivity index (χ0v) is 17.6. The SMILES string of the molecule is Cc1ccc(C)c(OCc2nnc(SCc3cc(=O)oc4c(C)c(O)ccc34)o2)c1. The minimum absolute atomic E-state index is 0.0841. The summed E-state index contributed by atoms with van der Waals surface area (Å²) in [5.41, 5.74) is 3.35. The van der Waals surface area contributed by atoms with Gasteiger partial charge in [-0.3, -0.25) is 0 Å². The molecule has 0 spiro atoms. The average molecular weight is 424 g/mol. The van der Waals surface area contributed by atoms with Gasteiger partial charge in [0.25, 0.3) is 11.1 Å². The van der Waals surface area contributed by atoms with Crippen LogP contribution in [0.2, 0.25) is 0 Å². The van der Waals surface area contributed by atoms with E-state index in [4.69, 9.17) is 13.6 Å². The van der Waals surface area contributed by atoms with Crippen molar-refractivity contribution in [2.24, 2.45) is 0 Å². The van der Waals surface area contributed by atoms with Crippen LogP contribution in [0.25, 0.3) is 11.0 Å². The summed E-state index contributed by atoms with van der Waals surface area (Å²) in [5.74, 6) is 1.67. The summed E-state index contributed by atoms with van der Waals surface area (Å²) in [7, 11) is 0. The largest absolute Gasteiger partial charge is 0.508 e. The molecule has 0 aliphatic rings. The highest BCUT2D eigenvalue weighted by molar-refractivity contribution is 7.98. The molecule has 0 saturated heterocycles. The minimum Gasteiger partial charge on any atom is -0.508 e. The maximum atomic E-state index is 11.9. The van der Waals surface area contributed by atoms with Crippen molar-refractivity contribution >= 4 is 22.7 Å².